The molecule has 0 aliphatic carbocycles. The lowest BCUT2D eigenvalue weighted by molar-refractivity contribution is -0.116. The molecule has 0 bridgehead atoms. The van der Waals surface area contributed by atoms with Crippen LogP contribution in [0.3, 0.4) is 0 Å². The molecule has 0 unspecified atom stereocenters. The number of fused-ring (bicyclic) bond motifs is 1. The van der Waals surface area contributed by atoms with Crippen molar-refractivity contribution in [2.45, 2.75) is 6.42 Å². The van der Waals surface area contributed by atoms with E-state index in [1.165, 1.54) is 0 Å². The molecule has 1 N–H and O–H groups in total. The van der Waals surface area contributed by atoms with E-state index in [0.29, 0.717) is 28.0 Å². The first-order chi connectivity index (χ1) is 10.7. The first-order valence-electron chi connectivity index (χ1n) is 6.78. The van der Waals surface area contributed by atoms with Gasteiger partial charge in [0.05, 0.1) is 13.0 Å². The molecule has 0 radical (unpaired) electrons. The van der Waals surface area contributed by atoms with E-state index in [9.17, 15) is 4.79 Å². The Morgan fingerprint density at radius 3 is 2.91 bits per heavy atom. The van der Waals surface area contributed by atoms with Gasteiger partial charge in [0.15, 0.2) is 11.5 Å². The van der Waals surface area contributed by atoms with Gasteiger partial charge in [-0.05, 0) is 30.3 Å². The zero-order valence-corrected chi connectivity index (χ0v) is 12.4. The number of rotatable bonds is 5. The van der Waals surface area contributed by atoms with Crippen LogP contribution in [0.5, 0.6) is 17.2 Å². The molecule has 0 fully saturated rings. The van der Waals surface area contributed by atoms with Crippen molar-refractivity contribution in [1.82, 2.24) is 0 Å². The van der Waals surface area contributed by atoms with Gasteiger partial charge in [-0.15, -0.1) is 0 Å². The highest BCUT2D eigenvalue weighted by Gasteiger charge is 2.14. The summed E-state index contributed by atoms with van der Waals surface area (Å²) in [5.41, 5.74) is 0.664. The van der Waals surface area contributed by atoms with E-state index in [2.05, 4.69) is 5.32 Å². The topological polar surface area (TPSA) is 56.8 Å². The molecule has 0 saturated heterocycles. The van der Waals surface area contributed by atoms with Gasteiger partial charge in [-0.3, -0.25) is 4.79 Å². The third kappa shape index (κ3) is 3.62. The Hall–Kier alpha value is -2.40. The Morgan fingerprint density at radius 2 is 2.05 bits per heavy atom. The fourth-order valence-corrected chi connectivity index (χ4v) is 2.20. The highest BCUT2D eigenvalue weighted by Crippen LogP contribution is 2.34. The third-order valence-corrected chi connectivity index (χ3v) is 3.29. The molecule has 0 atom stereocenters. The molecule has 2 aromatic rings. The number of carbonyl (C=O) groups excluding carboxylic acids is 1. The number of halogens is 1. The van der Waals surface area contributed by atoms with Crippen molar-refractivity contribution in [3.63, 3.8) is 0 Å². The minimum absolute atomic E-state index is 0.138. The van der Waals surface area contributed by atoms with Crippen LogP contribution in [0.1, 0.15) is 6.42 Å². The number of nitrogens with one attached hydrogen (secondary N) is 1. The molecular formula is C16H14ClNO4. The molecule has 1 amide bonds. The summed E-state index contributed by atoms with van der Waals surface area (Å²) in [5, 5.41) is 3.39. The number of hydrogen-bond donors (Lipinski definition) is 1. The van der Waals surface area contributed by atoms with Crippen LogP contribution in [0.25, 0.3) is 0 Å². The smallest absolute Gasteiger partial charge is 0.231 e. The molecule has 0 saturated carbocycles. The third-order valence-electron chi connectivity index (χ3n) is 3.05. The Bertz CT molecular complexity index is 690. The van der Waals surface area contributed by atoms with Crippen molar-refractivity contribution >= 4 is 23.2 Å². The average molecular weight is 320 g/mol. The highest BCUT2D eigenvalue weighted by molar-refractivity contribution is 6.30. The summed E-state index contributed by atoms with van der Waals surface area (Å²) in [5.74, 6) is 1.82. The standard InChI is InChI=1S/C16H14ClNO4/c17-11-2-1-3-13(8-11)20-7-6-16(19)18-12-4-5-14-15(9-12)22-10-21-14/h1-5,8-9H,6-7,10H2,(H,18,19). The van der Waals surface area contributed by atoms with Gasteiger partial charge in [-0.25, -0.2) is 0 Å². The molecule has 1 aliphatic heterocycles. The summed E-state index contributed by atoms with van der Waals surface area (Å²) in [6.07, 6.45) is 0.237. The monoisotopic (exact) mass is 319 g/mol. The molecule has 1 heterocycles. The summed E-state index contributed by atoms with van der Waals surface area (Å²) >= 11 is 5.86. The zero-order chi connectivity index (χ0) is 15.4. The minimum Gasteiger partial charge on any atom is -0.493 e. The summed E-state index contributed by atoms with van der Waals surface area (Å²) in [4.78, 5) is 11.9. The number of benzene rings is 2. The fourth-order valence-electron chi connectivity index (χ4n) is 2.02. The minimum atomic E-state index is -0.138. The predicted octanol–water partition coefficient (Wildman–Crippen LogP) is 3.48. The maximum atomic E-state index is 11.9. The van der Waals surface area contributed by atoms with Crippen LogP contribution < -0.4 is 19.5 Å². The van der Waals surface area contributed by atoms with Gasteiger partial charge >= 0.3 is 0 Å². The summed E-state index contributed by atoms with van der Waals surface area (Å²) < 4.78 is 16.0. The van der Waals surface area contributed by atoms with Crippen molar-refractivity contribution in [2.75, 3.05) is 18.7 Å². The van der Waals surface area contributed by atoms with Gasteiger partial charge in [0, 0.05) is 16.8 Å². The van der Waals surface area contributed by atoms with E-state index in [-0.39, 0.29) is 25.7 Å². The van der Waals surface area contributed by atoms with Gasteiger partial charge in [0.2, 0.25) is 12.7 Å². The molecule has 6 heteroatoms. The lowest BCUT2D eigenvalue weighted by Gasteiger charge is -2.08. The van der Waals surface area contributed by atoms with E-state index < -0.39 is 0 Å². The molecular weight excluding hydrogens is 306 g/mol. The van der Waals surface area contributed by atoms with Crippen LogP contribution in [-0.2, 0) is 4.79 Å². The number of carbonyl (C=O) groups is 1. The molecule has 5 nitrogen and oxygen atoms in total. The predicted molar refractivity (Wildman–Crippen MR) is 82.8 cm³/mol. The van der Waals surface area contributed by atoms with Crippen LogP contribution >= 0.6 is 11.6 Å². The van der Waals surface area contributed by atoms with Gasteiger partial charge in [-0.1, -0.05) is 17.7 Å². The number of anilines is 1. The second-order valence-electron chi connectivity index (χ2n) is 4.67. The lowest BCUT2D eigenvalue weighted by atomic mass is 10.2. The fraction of sp³-hybridized carbons (Fsp3) is 0.188. The van der Waals surface area contributed by atoms with Crippen LogP contribution in [0, 0.1) is 0 Å². The summed E-state index contributed by atoms with van der Waals surface area (Å²) in [6, 6.07) is 12.3. The normalized spacial score (nSPS) is 12.0. The van der Waals surface area contributed by atoms with Crippen molar-refractivity contribution in [1.29, 1.82) is 0 Å². The van der Waals surface area contributed by atoms with Crippen LogP contribution in [0.2, 0.25) is 5.02 Å². The van der Waals surface area contributed by atoms with E-state index in [0.717, 1.165) is 0 Å². The molecule has 114 valence electrons. The van der Waals surface area contributed by atoms with Crippen molar-refractivity contribution in [3.8, 4) is 17.2 Å². The first kappa shape index (κ1) is 14.5. The summed E-state index contributed by atoms with van der Waals surface area (Å²) in [6.45, 7) is 0.483. The number of ether oxygens (including phenoxy) is 3. The Labute approximate surface area is 132 Å². The second kappa shape index (κ2) is 6.58. The van der Waals surface area contributed by atoms with E-state index in [1.807, 2.05) is 0 Å². The van der Waals surface area contributed by atoms with Gasteiger partial charge in [0.25, 0.3) is 0 Å². The largest absolute Gasteiger partial charge is 0.493 e. The number of amides is 1. The van der Waals surface area contributed by atoms with Crippen LogP contribution in [0.15, 0.2) is 42.5 Å². The van der Waals surface area contributed by atoms with Gasteiger partial charge in [0.1, 0.15) is 5.75 Å². The Morgan fingerprint density at radius 1 is 1.18 bits per heavy atom. The molecule has 22 heavy (non-hydrogen) atoms. The van der Waals surface area contributed by atoms with Gasteiger partial charge < -0.3 is 19.5 Å². The quantitative estimate of drug-likeness (QED) is 0.916. The Balaban J connectivity index is 1.48. The summed E-state index contributed by atoms with van der Waals surface area (Å²) in [7, 11) is 0. The lowest BCUT2D eigenvalue weighted by Crippen LogP contribution is -2.15. The maximum absolute atomic E-state index is 11.9. The van der Waals surface area contributed by atoms with E-state index in [4.69, 9.17) is 25.8 Å². The van der Waals surface area contributed by atoms with Crippen LogP contribution in [0.4, 0.5) is 5.69 Å². The molecule has 3 rings (SSSR count). The SMILES string of the molecule is O=C(CCOc1cccc(Cl)c1)Nc1ccc2c(c1)OCO2. The molecule has 0 aromatic heterocycles. The van der Waals surface area contributed by atoms with E-state index >= 15 is 0 Å². The maximum Gasteiger partial charge on any atom is 0.231 e. The van der Waals surface area contributed by atoms with E-state index in [1.54, 1.807) is 42.5 Å². The number of hydrogen-bond acceptors (Lipinski definition) is 4. The van der Waals surface area contributed by atoms with Crippen molar-refractivity contribution in [3.05, 3.63) is 47.5 Å². The molecule has 1 aliphatic rings. The average Bonchev–Trinajstić information content (AvgIpc) is 2.95. The zero-order valence-electron chi connectivity index (χ0n) is 11.7. The highest BCUT2D eigenvalue weighted by atomic mass is 35.5. The van der Waals surface area contributed by atoms with Crippen LogP contribution in [-0.4, -0.2) is 19.3 Å². The van der Waals surface area contributed by atoms with Crippen molar-refractivity contribution < 1.29 is 19.0 Å². The first-order valence-corrected chi connectivity index (χ1v) is 7.16. The molecule has 0 spiro atoms. The van der Waals surface area contributed by atoms with Gasteiger partial charge in [-0.2, -0.15) is 0 Å². The van der Waals surface area contributed by atoms with Crippen molar-refractivity contribution in [2.24, 2.45) is 0 Å². The molecule has 2 aromatic carbocycles. The Kier molecular flexibility index (Phi) is 4.34. The second-order valence-corrected chi connectivity index (χ2v) is 5.11.